The summed E-state index contributed by atoms with van der Waals surface area (Å²) in [5.74, 6) is 0.799. The molecule has 0 aliphatic carbocycles. The topological polar surface area (TPSA) is 35.0 Å². The number of benzene rings is 1. The summed E-state index contributed by atoms with van der Waals surface area (Å²) in [5.41, 5.74) is 1.39. The molecule has 0 N–H and O–H groups in total. The van der Waals surface area contributed by atoms with Crippen molar-refractivity contribution in [1.82, 2.24) is 9.97 Å². The van der Waals surface area contributed by atoms with Crippen molar-refractivity contribution in [3.05, 3.63) is 42.0 Å². The van der Waals surface area contributed by atoms with Crippen LogP contribution in [0.5, 0.6) is 5.75 Å². The van der Waals surface area contributed by atoms with E-state index in [1.165, 1.54) is 12.8 Å². The van der Waals surface area contributed by atoms with Crippen molar-refractivity contribution in [3.63, 3.8) is 0 Å². The summed E-state index contributed by atoms with van der Waals surface area (Å²) in [6.45, 7) is 4.72. The molecule has 0 bridgehead atoms. The Hall–Kier alpha value is -1.97. The second kappa shape index (κ2) is 8.47. The Morgan fingerprint density at radius 2 is 1.82 bits per heavy atom. The minimum atomic E-state index is -0.407. The predicted octanol–water partition coefficient (Wildman–Crippen LogP) is 4.80. The van der Waals surface area contributed by atoms with Crippen LogP contribution in [-0.2, 0) is 6.42 Å². The zero-order valence-electron chi connectivity index (χ0n) is 13.3. The van der Waals surface area contributed by atoms with E-state index in [1.807, 2.05) is 31.2 Å². The van der Waals surface area contributed by atoms with Gasteiger partial charge >= 0.3 is 0 Å². The van der Waals surface area contributed by atoms with Crippen LogP contribution in [0.1, 0.15) is 45.1 Å². The zero-order valence-corrected chi connectivity index (χ0v) is 13.3. The number of ether oxygens (including phenoxy) is 1. The molecule has 0 radical (unpaired) electrons. The molecular formula is C18H23FN2O. The average Bonchev–Trinajstić information content (AvgIpc) is 2.54. The number of nitrogens with zero attached hydrogens (tertiary/aromatic N) is 2. The maximum absolute atomic E-state index is 14.1. The molecule has 1 heterocycles. The van der Waals surface area contributed by atoms with Crippen LogP contribution in [0.3, 0.4) is 0 Å². The first kappa shape index (κ1) is 16.4. The van der Waals surface area contributed by atoms with Crippen molar-refractivity contribution in [2.45, 2.75) is 46.0 Å². The Bertz CT molecular complexity index is 584. The van der Waals surface area contributed by atoms with E-state index in [9.17, 15) is 4.39 Å². The lowest BCUT2D eigenvalue weighted by Gasteiger charge is -2.06. The molecule has 0 aliphatic heterocycles. The van der Waals surface area contributed by atoms with Gasteiger partial charge in [0, 0.05) is 17.3 Å². The number of halogens is 1. The van der Waals surface area contributed by atoms with Crippen LogP contribution in [0.2, 0.25) is 0 Å². The average molecular weight is 302 g/mol. The third kappa shape index (κ3) is 4.52. The van der Waals surface area contributed by atoms with E-state index in [2.05, 4.69) is 16.9 Å². The molecule has 1 aromatic heterocycles. The fourth-order valence-electron chi connectivity index (χ4n) is 2.30. The van der Waals surface area contributed by atoms with Crippen LogP contribution in [0.25, 0.3) is 11.4 Å². The van der Waals surface area contributed by atoms with Crippen molar-refractivity contribution in [3.8, 4) is 17.1 Å². The van der Waals surface area contributed by atoms with Gasteiger partial charge in [0.25, 0.3) is 0 Å². The summed E-state index contributed by atoms with van der Waals surface area (Å²) in [4.78, 5) is 8.29. The molecule has 2 aromatic rings. The van der Waals surface area contributed by atoms with Gasteiger partial charge in [0.2, 0.25) is 5.95 Å². The third-order valence-corrected chi connectivity index (χ3v) is 3.53. The normalized spacial score (nSPS) is 10.7. The Labute approximate surface area is 131 Å². The molecule has 2 rings (SSSR count). The second-order valence-corrected chi connectivity index (χ2v) is 5.28. The molecule has 0 saturated carbocycles. The Morgan fingerprint density at radius 1 is 1.05 bits per heavy atom. The maximum Gasteiger partial charge on any atom is 0.219 e. The lowest BCUT2D eigenvalue weighted by atomic mass is 10.1. The van der Waals surface area contributed by atoms with Gasteiger partial charge in [-0.15, -0.1) is 0 Å². The SMILES string of the molecule is CCCCCCc1cnc(-c2ccc(OCC)cc2)nc1F. The Morgan fingerprint density at radius 3 is 2.45 bits per heavy atom. The highest BCUT2D eigenvalue weighted by Crippen LogP contribution is 2.20. The van der Waals surface area contributed by atoms with E-state index in [0.29, 0.717) is 24.4 Å². The fourth-order valence-corrected chi connectivity index (χ4v) is 2.30. The van der Waals surface area contributed by atoms with Crippen molar-refractivity contribution in [2.24, 2.45) is 0 Å². The number of aryl methyl sites for hydroxylation is 1. The molecule has 1 aromatic carbocycles. The van der Waals surface area contributed by atoms with Gasteiger partial charge in [-0.1, -0.05) is 26.2 Å². The fraction of sp³-hybridized carbons (Fsp3) is 0.444. The van der Waals surface area contributed by atoms with E-state index in [4.69, 9.17) is 4.74 Å². The highest BCUT2D eigenvalue weighted by atomic mass is 19.1. The minimum Gasteiger partial charge on any atom is -0.494 e. The first-order valence-electron chi connectivity index (χ1n) is 7.99. The number of hydrogen-bond acceptors (Lipinski definition) is 3. The lowest BCUT2D eigenvalue weighted by molar-refractivity contribution is 0.340. The molecule has 0 atom stereocenters. The zero-order chi connectivity index (χ0) is 15.8. The lowest BCUT2D eigenvalue weighted by Crippen LogP contribution is -1.99. The van der Waals surface area contributed by atoms with Crippen molar-refractivity contribution in [1.29, 1.82) is 0 Å². The van der Waals surface area contributed by atoms with E-state index in [0.717, 1.165) is 24.2 Å². The largest absolute Gasteiger partial charge is 0.494 e. The molecule has 0 unspecified atom stereocenters. The van der Waals surface area contributed by atoms with E-state index < -0.39 is 5.95 Å². The highest BCUT2D eigenvalue weighted by molar-refractivity contribution is 5.56. The van der Waals surface area contributed by atoms with Crippen LogP contribution in [0.4, 0.5) is 4.39 Å². The van der Waals surface area contributed by atoms with Crippen LogP contribution in [-0.4, -0.2) is 16.6 Å². The molecule has 0 amide bonds. The summed E-state index contributed by atoms with van der Waals surface area (Å²) in [7, 11) is 0. The van der Waals surface area contributed by atoms with Crippen molar-refractivity contribution < 1.29 is 9.13 Å². The molecular weight excluding hydrogens is 279 g/mol. The smallest absolute Gasteiger partial charge is 0.219 e. The number of rotatable bonds is 8. The van der Waals surface area contributed by atoms with Gasteiger partial charge in [-0.2, -0.15) is 9.37 Å². The standard InChI is InChI=1S/C18H23FN2O/c1-3-5-6-7-8-15-13-20-18(21-17(15)19)14-9-11-16(12-10-14)22-4-2/h9-13H,3-8H2,1-2H3. The first-order chi connectivity index (χ1) is 10.7. The monoisotopic (exact) mass is 302 g/mol. The first-order valence-corrected chi connectivity index (χ1v) is 7.99. The van der Waals surface area contributed by atoms with Crippen molar-refractivity contribution in [2.75, 3.05) is 6.61 Å². The van der Waals surface area contributed by atoms with E-state index in [-0.39, 0.29) is 0 Å². The molecule has 4 heteroatoms. The van der Waals surface area contributed by atoms with Gasteiger partial charge in [-0.3, -0.25) is 0 Å². The molecule has 22 heavy (non-hydrogen) atoms. The highest BCUT2D eigenvalue weighted by Gasteiger charge is 2.08. The molecule has 0 spiro atoms. The third-order valence-electron chi connectivity index (χ3n) is 3.53. The van der Waals surface area contributed by atoms with Crippen LogP contribution < -0.4 is 4.74 Å². The summed E-state index contributed by atoms with van der Waals surface area (Å²) in [6, 6.07) is 7.39. The van der Waals surface area contributed by atoms with Gasteiger partial charge in [0.05, 0.1) is 6.61 Å². The summed E-state index contributed by atoms with van der Waals surface area (Å²) in [5, 5.41) is 0. The van der Waals surface area contributed by atoms with Gasteiger partial charge in [0.15, 0.2) is 5.82 Å². The van der Waals surface area contributed by atoms with Gasteiger partial charge in [0.1, 0.15) is 5.75 Å². The molecule has 118 valence electrons. The maximum atomic E-state index is 14.1. The second-order valence-electron chi connectivity index (χ2n) is 5.28. The van der Waals surface area contributed by atoms with Crippen molar-refractivity contribution >= 4 is 0 Å². The summed E-state index contributed by atoms with van der Waals surface area (Å²) < 4.78 is 19.5. The summed E-state index contributed by atoms with van der Waals surface area (Å²) in [6.07, 6.45) is 6.78. The molecule has 0 aliphatic rings. The quantitative estimate of drug-likeness (QED) is 0.519. The predicted molar refractivity (Wildman–Crippen MR) is 86.4 cm³/mol. The summed E-state index contributed by atoms with van der Waals surface area (Å²) >= 11 is 0. The van der Waals surface area contributed by atoms with E-state index >= 15 is 0 Å². The van der Waals surface area contributed by atoms with E-state index in [1.54, 1.807) is 6.20 Å². The van der Waals surface area contributed by atoms with Crippen LogP contribution in [0, 0.1) is 5.95 Å². The Balaban J connectivity index is 2.04. The van der Waals surface area contributed by atoms with Crippen LogP contribution >= 0.6 is 0 Å². The number of unbranched alkanes of at least 4 members (excludes halogenated alkanes) is 3. The van der Waals surface area contributed by atoms with Crippen LogP contribution in [0.15, 0.2) is 30.5 Å². The minimum absolute atomic E-state index is 0.407. The van der Waals surface area contributed by atoms with Gasteiger partial charge in [-0.25, -0.2) is 4.98 Å². The van der Waals surface area contributed by atoms with Gasteiger partial charge < -0.3 is 4.74 Å². The molecule has 3 nitrogen and oxygen atoms in total. The Kier molecular flexibility index (Phi) is 6.31. The number of hydrogen-bond donors (Lipinski definition) is 0. The number of aromatic nitrogens is 2. The molecule has 0 saturated heterocycles. The molecule has 0 fully saturated rings. The van der Waals surface area contributed by atoms with Gasteiger partial charge in [-0.05, 0) is 44.0 Å².